The Morgan fingerprint density at radius 1 is 0.810 bits per heavy atom. The third kappa shape index (κ3) is 6.11. The third-order valence-corrected chi connectivity index (χ3v) is 7.31. The Kier molecular flexibility index (Phi) is 8.21. The maximum atomic E-state index is 13.3. The number of nitro benzene ring substituents is 1. The topological polar surface area (TPSA) is 139 Å². The Morgan fingerprint density at radius 2 is 1.40 bits per heavy atom. The smallest absolute Gasteiger partial charge is 0.276 e. The van der Waals surface area contributed by atoms with E-state index in [0.717, 1.165) is 4.90 Å². The van der Waals surface area contributed by atoms with E-state index in [1.54, 1.807) is 84.9 Å². The van der Waals surface area contributed by atoms with Gasteiger partial charge in [-0.15, -0.1) is 11.8 Å². The van der Waals surface area contributed by atoms with Crippen molar-refractivity contribution in [2.24, 2.45) is 0 Å². The minimum Gasteiger partial charge on any atom is -0.321 e. The highest BCUT2D eigenvalue weighted by atomic mass is 32.2. The zero-order valence-electron chi connectivity index (χ0n) is 21.9. The van der Waals surface area contributed by atoms with Gasteiger partial charge in [0.1, 0.15) is 5.70 Å². The van der Waals surface area contributed by atoms with E-state index in [2.05, 4.69) is 10.6 Å². The van der Waals surface area contributed by atoms with Crippen LogP contribution in [0.3, 0.4) is 0 Å². The molecule has 1 aliphatic rings. The molecule has 0 aromatic heterocycles. The van der Waals surface area contributed by atoms with Crippen LogP contribution in [-0.4, -0.2) is 39.3 Å². The predicted octanol–water partition coefficient (Wildman–Crippen LogP) is 5.35. The molecule has 5 rings (SSSR count). The first-order valence-electron chi connectivity index (χ1n) is 12.6. The molecule has 4 amide bonds. The third-order valence-electron chi connectivity index (χ3n) is 6.31. The number of hydrogen-bond donors (Lipinski definition) is 2. The Bertz CT molecular complexity index is 1700. The molecule has 208 valence electrons. The molecular weight excluding hydrogens is 556 g/mol. The van der Waals surface area contributed by atoms with E-state index in [0.29, 0.717) is 22.4 Å². The number of carbonyl (C=O) groups excluding carboxylic acids is 4. The van der Waals surface area contributed by atoms with Crippen molar-refractivity contribution in [2.75, 3.05) is 11.2 Å². The Labute approximate surface area is 244 Å². The molecule has 1 heterocycles. The zero-order valence-corrected chi connectivity index (χ0v) is 22.7. The first kappa shape index (κ1) is 28.0. The van der Waals surface area contributed by atoms with Crippen LogP contribution < -0.4 is 10.6 Å². The van der Waals surface area contributed by atoms with Crippen molar-refractivity contribution in [1.29, 1.82) is 0 Å². The molecule has 0 unspecified atom stereocenters. The molecule has 0 radical (unpaired) electrons. The molecule has 1 aliphatic heterocycles. The standard InChI is InChI=1S/C31H22N4O6S/c36-28(20-8-2-1-3-9-20)33-26(18-21-10-4-7-13-27(21)35(40)41)29(37)32-22-14-16-23(17-15-22)42-19-34-30(38)24-11-5-6-12-25(24)31(34)39/h1-18H,19H2,(H,32,37)(H,33,36)/b26-18+. The maximum absolute atomic E-state index is 13.3. The van der Waals surface area contributed by atoms with Gasteiger partial charge in [0.25, 0.3) is 29.3 Å². The second kappa shape index (κ2) is 12.3. The van der Waals surface area contributed by atoms with Gasteiger partial charge in [-0.3, -0.25) is 34.2 Å². The molecule has 0 spiro atoms. The first-order valence-corrected chi connectivity index (χ1v) is 13.6. The number of para-hydroxylation sites is 1. The number of benzene rings is 4. The lowest BCUT2D eigenvalue weighted by atomic mass is 10.1. The molecule has 4 aromatic rings. The quantitative estimate of drug-likeness (QED) is 0.0897. The van der Waals surface area contributed by atoms with Gasteiger partial charge in [0, 0.05) is 22.2 Å². The number of hydrogen-bond acceptors (Lipinski definition) is 7. The highest BCUT2D eigenvalue weighted by Gasteiger charge is 2.34. The van der Waals surface area contributed by atoms with Gasteiger partial charge in [-0.1, -0.05) is 42.5 Å². The second-order valence-electron chi connectivity index (χ2n) is 9.03. The van der Waals surface area contributed by atoms with Gasteiger partial charge in [0.15, 0.2) is 0 Å². The van der Waals surface area contributed by atoms with Gasteiger partial charge in [0.05, 0.1) is 27.5 Å². The molecule has 11 heteroatoms. The van der Waals surface area contributed by atoms with Crippen LogP contribution in [0.4, 0.5) is 11.4 Å². The molecule has 0 saturated heterocycles. The molecule has 0 bridgehead atoms. The number of nitro groups is 1. The van der Waals surface area contributed by atoms with Crippen molar-refractivity contribution in [2.45, 2.75) is 4.90 Å². The van der Waals surface area contributed by atoms with Crippen LogP contribution in [0.1, 0.15) is 36.6 Å². The van der Waals surface area contributed by atoms with Gasteiger partial charge < -0.3 is 10.6 Å². The lowest BCUT2D eigenvalue weighted by molar-refractivity contribution is -0.385. The molecule has 4 aromatic carbocycles. The SMILES string of the molecule is O=C(Nc1ccc(SCN2C(=O)c3ccccc3C2=O)cc1)/C(=C\c1ccccc1[N+](=O)[O-])NC(=O)c1ccccc1. The van der Waals surface area contributed by atoms with Crippen molar-refractivity contribution >= 4 is 52.8 Å². The normalized spacial score (nSPS) is 12.6. The Hall–Kier alpha value is -5.55. The van der Waals surface area contributed by atoms with Crippen LogP contribution in [0.15, 0.2) is 114 Å². The summed E-state index contributed by atoms with van der Waals surface area (Å²) in [4.78, 5) is 64.2. The number of amides is 4. The van der Waals surface area contributed by atoms with Crippen molar-refractivity contribution in [3.8, 4) is 0 Å². The Morgan fingerprint density at radius 3 is 2.05 bits per heavy atom. The van der Waals surface area contributed by atoms with Crippen molar-refractivity contribution < 1.29 is 24.1 Å². The van der Waals surface area contributed by atoms with Crippen LogP contribution in [-0.2, 0) is 4.79 Å². The van der Waals surface area contributed by atoms with E-state index in [4.69, 9.17) is 0 Å². The number of rotatable bonds is 9. The van der Waals surface area contributed by atoms with E-state index < -0.39 is 16.7 Å². The first-order chi connectivity index (χ1) is 20.3. The van der Waals surface area contributed by atoms with Crippen LogP contribution in [0.25, 0.3) is 6.08 Å². The fourth-order valence-electron chi connectivity index (χ4n) is 4.20. The summed E-state index contributed by atoms with van der Waals surface area (Å²) in [5.41, 5.74) is 1.18. The fourth-order valence-corrected chi connectivity index (χ4v) is 5.04. The largest absolute Gasteiger partial charge is 0.321 e. The number of imide groups is 1. The molecule has 0 atom stereocenters. The molecule has 2 N–H and O–H groups in total. The summed E-state index contributed by atoms with van der Waals surface area (Å²) < 4.78 is 0. The molecule has 0 fully saturated rings. The average Bonchev–Trinajstić information content (AvgIpc) is 3.25. The van der Waals surface area contributed by atoms with E-state index in [1.165, 1.54) is 40.9 Å². The summed E-state index contributed by atoms with van der Waals surface area (Å²) >= 11 is 1.28. The van der Waals surface area contributed by atoms with Gasteiger partial charge in [-0.05, 0) is 60.7 Å². The number of carbonyl (C=O) groups is 4. The lowest BCUT2D eigenvalue weighted by Gasteiger charge is -2.14. The van der Waals surface area contributed by atoms with Gasteiger partial charge in [-0.2, -0.15) is 0 Å². The average molecular weight is 579 g/mol. The van der Waals surface area contributed by atoms with Gasteiger partial charge in [-0.25, -0.2) is 0 Å². The molecule has 0 saturated carbocycles. The molecular formula is C31H22N4O6S. The number of anilines is 1. The molecule has 42 heavy (non-hydrogen) atoms. The molecule has 0 aliphatic carbocycles. The minimum atomic E-state index is -0.691. The Balaban J connectivity index is 1.30. The summed E-state index contributed by atoms with van der Waals surface area (Å²) in [5.74, 6) is -1.82. The maximum Gasteiger partial charge on any atom is 0.276 e. The summed E-state index contributed by atoms with van der Waals surface area (Å²) in [5, 5.41) is 16.8. The highest BCUT2D eigenvalue weighted by Crippen LogP contribution is 2.28. The number of nitrogens with one attached hydrogen (secondary N) is 2. The zero-order chi connectivity index (χ0) is 29.6. The van der Waals surface area contributed by atoms with Crippen LogP contribution in [0.2, 0.25) is 0 Å². The van der Waals surface area contributed by atoms with Crippen molar-refractivity contribution in [3.63, 3.8) is 0 Å². The summed E-state index contributed by atoms with van der Waals surface area (Å²) in [6.45, 7) is 0. The number of nitrogens with zero attached hydrogens (tertiary/aromatic N) is 2. The van der Waals surface area contributed by atoms with E-state index in [9.17, 15) is 29.3 Å². The predicted molar refractivity (Wildman–Crippen MR) is 158 cm³/mol. The van der Waals surface area contributed by atoms with E-state index in [1.807, 2.05) is 0 Å². The van der Waals surface area contributed by atoms with Gasteiger partial charge >= 0.3 is 0 Å². The van der Waals surface area contributed by atoms with Crippen LogP contribution in [0.5, 0.6) is 0 Å². The van der Waals surface area contributed by atoms with Crippen molar-refractivity contribution in [3.05, 3.63) is 141 Å². The fraction of sp³-hybridized carbons (Fsp3) is 0.0323. The van der Waals surface area contributed by atoms with E-state index in [-0.39, 0.29) is 34.6 Å². The summed E-state index contributed by atoms with van der Waals surface area (Å²) in [7, 11) is 0. The number of fused-ring (bicyclic) bond motifs is 1. The minimum absolute atomic E-state index is 0.117. The second-order valence-corrected chi connectivity index (χ2v) is 10.0. The summed E-state index contributed by atoms with van der Waals surface area (Å²) in [6, 6.07) is 27.5. The number of thioether (sulfide) groups is 1. The molecule has 10 nitrogen and oxygen atoms in total. The van der Waals surface area contributed by atoms with Gasteiger partial charge in [0.2, 0.25) is 0 Å². The lowest BCUT2D eigenvalue weighted by Crippen LogP contribution is -2.30. The van der Waals surface area contributed by atoms with Crippen molar-refractivity contribution in [1.82, 2.24) is 10.2 Å². The van der Waals surface area contributed by atoms with Crippen LogP contribution in [0, 0.1) is 10.1 Å². The highest BCUT2D eigenvalue weighted by molar-refractivity contribution is 7.99. The summed E-state index contributed by atoms with van der Waals surface area (Å²) in [6.07, 6.45) is 1.25. The van der Waals surface area contributed by atoms with E-state index >= 15 is 0 Å². The monoisotopic (exact) mass is 578 g/mol. The van der Waals surface area contributed by atoms with Crippen LogP contribution >= 0.6 is 11.8 Å².